The van der Waals surface area contributed by atoms with Crippen molar-refractivity contribution in [3.63, 3.8) is 0 Å². The second kappa shape index (κ2) is 4.20. The predicted molar refractivity (Wildman–Crippen MR) is 61.6 cm³/mol. The number of primary sulfonamides is 1. The van der Waals surface area contributed by atoms with Gasteiger partial charge in [-0.05, 0) is 12.1 Å². The van der Waals surface area contributed by atoms with Gasteiger partial charge in [-0.25, -0.2) is 18.5 Å². The van der Waals surface area contributed by atoms with Crippen LogP contribution in [0, 0.1) is 10.1 Å². The third kappa shape index (κ3) is 2.21. The van der Waals surface area contributed by atoms with Gasteiger partial charge in [-0.15, -0.1) is 0 Å². The highest BCUT2D eigenvalue weighted by molar-refractivity contribution is 7.89. The summed E-state index contributed by atoms with van der Waals surface area (Å²) in [6.07, 6.45) is 4.34. The SMILES string of the molecule is NS(=O)(=O)c1ccc(-n2ccnc2)c([N+](=O)[O-])c1. The Kier molecular flexibility index (Phi) is 2.85. The van der Waals surface area contributed by atoms with E-state index in [9.17, 15) is 18.5 Å². The summed E-state index contributed by atoms with van der Waals surface area (Å²) in [7, 11) is -3.97. The lowest BCUT2D eigenvalue weighted by molar-refractivity contribution is -0.384. The number of hydrogen-bond donors (Lipinski definition) is 1. The van der Waals surface area contributed by atoms with E-state index in [2.05, 4.69) is 4.98 Å². The van der Waals surface area contributed by atoms with E-state index in [4.69, 9.17) is 5.14 Å². The molecule has 0 radical (unpaired) electrons. The van der Waals surface area contributed by atoms with E-state index in [0.29, 0.717) is 0 Å². The second-order valence-corrected chi connectivity index (χ2v) is 4.98. The average molecular weight is 268 g/mol. The van der Waals surface area contributed by atoms with Gasteiger partial charge in [-0.2, -0.15) is 0 Å². The molecule has 18 heavy (non-hydrogen) atoms. The lowest BCUT2D eigenvalue weighted by atomic mass is 10.2. The topological polar surface area (TPSA) is 121 Å². The number of sulfonamides is 1. The standard InChI is InChI=1S/C9H8N4O4S/c10-18(16,17)7-1-2-8(9(5-7)13(14)15)12-4-3-11-6-12/h1-6H,(H2,10,16,17). The normalized spacial score (nSPS) is 11.4. The minimum Gasteiger partial charge on any atom is -0.300 e. The van der Waals surface area contributed by atoms with Gasteiger partial charge in [-0.3, -0.25) is 10.1 Å². The van der Waals surface area contributed by atoms with Gasteiger partial charge in [0.2, 0.25) is 10.0 Å². The maximum Gasteiger partial charge on any atom is 0.294 e. The molecule has 0 saturated heterocycles. The Hall–Kier alpha value is -2.26. The molecule has 1 aromatic carbocycles. The molecule has 0 aliphatic carbocycles. The Bertz CT molecular complexity index is 693. The Morgan fingerprint density at radius 1 is 1.39 bits per heavy atom. The zero-order valence-electron chi connectivity index (χ0n) is 8.92. The molecule has 1 aromatic heterocycles. The van der Waals surface area contributed by atoms with E-state index in [0.717, 1.165) is 6.07 Å². The first-order valence-electron chi connectivity index (χ1n) is 4.69. The number of nitro benzene ring substituents is 1. The fourth-order valence-electron chi connectivity index (χ4n) is 1.45. The van der Waals surface area contributed by atoms with Crippen LogP contribution >= 0.6 is 0 Å². The molecule has 0 atom stereocenters. The van der Waals surface area contributed by atoms with Gasteiger partial charge >= 0.3 is 0 Å². The number of aromatic nitrogens is 2. The molecular weight excluding hydrogens is 260 g/mol. The molecule has 0 saturated carbocycles. The minimum absolute atomic E-state index is 0.213. The molecule has 0 spiro atoms. The first-order valence-corrected chi connectivity index (χ1v) is 6.24. The Morgan fingerprint density at radius 3 is 2.61 bits per heavy atom. The van der Waals surface area contributed by atoms with Gasteiger partial charge in [-0.1, -0.05) is 0 Å². The van der Waals surface area contributed by atoms with Crippen LogP contribution in [0.25, 0.3) is 5.69 Å². The molecule has 0 amide bonds. The van der Waals surface area contributed by atoms with Crippen molar-refractivity contribution in [3.8, 4) is 5.69 Å². The zero-order valence-corrected chi connectivity index (χ0v) is 9.74. The summed E-state index contributed by atoms with van der Waals surface area (Å²) >= 11 is 0. The quantitative estimate of drug-likeness (QED) is 0.639. The number of nitro groups is 1. The summed E-state index contributed by atoms with van der Waals surface area (Å²) in [5, 5.41) is 15.9. The molecule has 8 nitrogen and oxygen atoms in total. The van der Waals surface area contributed by atoms with Crippen molar-refractivity contribution >= 4 is 15.7 Å². The highest BCUT2D eigenvalue weighted by Gasteiger charge is 2.19. The van der Waals surface area contributed by atoms with Crippen LogP contribution in [0.4, 0.5) is 5.69 Å². The maximum atomic E-state index is 11.1. The molecule has 94 valence electrons. The lowest BCUT2D eigenvalue weighted by Crippen LogP contribution is -2.13. The van der Waals surface area contributed by atoms with E-state index in [1.54, 1.807) is 0 Å². The highest BCUT2D eigenvalue weighted by atomic mass is 32.2. The number of rotatable bonds is 3. The largest absolute Gasteiger partial charge is 0.300 e. The van der Waals surface area contributed by atoms with Crippen molar-refractivity contribution in [3.05, 3.63) is 47.0 Å². The molecule has 1 heterocycles. The summed E-state index contributed by atoms with van der Waals surface area (Å²) in [4.78, 5) is 13.7. The molecule has 0 unspecified atom stereocenters. The summed E-state index contributed by atoms with van der Waals surface area (Å²) in [6.45, 7) is 0. The van der Waals surface area contributed by atoms with E-state index in [-0.39, 0.29) is 16.3 Å². The van der Waals surface area contributed by atoms with Crippen LogP contribution in [0.3, 0.4) is 0 Å². The number of nitrogens with two attached hydrogens (primary N) is 1. The van der Waals surface area contributed by atoms with Gasteiger partial charge in [0, 0.05) is 18.5 Å². The number of nitrogens with zero attached hydrogens (tertiary/aromatic N) is 3. The predicted octanol–water partition coefficient (Wildman–Crippen LogP) is 0.428. The van der Waals surface area contributed by atoms with Crippen LogP contribution in [0.15, 0.2) is 41.8 Å². The van der Waals surface area contributed by atoms with Crippen LogP contribution in [0.5, 0.6) is 0 Å². The molecule has 2 N–H and O–H groups in total. The van der Waals surface area contributed by atoms with Crippen molar-refractivity contribution in [2.24, 2.45) is 5.14 Å². The maximum absolute atomic E-state index is 11.1. The Morgan fingerprint density at radius 2 is 2.11 bits per heavy atom. The van der Waals surface area contributed by atoms with Crippen LogP contribution in [0.2, 0.25) is 0 Å². The molecule has 2 aromatic rings. The first kappa shape index (κ1) is 12.2. The second-order valence-electron chi connectivity index (χ2n) is 3.42. The monoisotopic (exact) mass is 268 g/mol. The number of benzene rings is 1. The number of imidazole rings is 1. The molecule has 0 bridgehead atoms. The summed E-state index contributed by atoms with van der Waals surface area (Å²) < 4.78 is 23.7. The molecule has 9 heteroatoms. The van der Waals surface area contributed by atoms with Crippen molar-refractivity contribution in [2.75, 3.05) is 0 Å². The first-order chi connectivity index (χ1) is 8.39. The zero-order chi connectivity index (χ0) is 13.3. The average Bonchev–Trinajstić information content (AvgIpc) is 2.80. The van der Waals surface area contributed by atoms with Crippen LogP contribution < -0.4 is 5.14 Å². The van der Waals surface area contributed by atoms with Crippen molar-refractivity contribution in [1.82, 2.24) is 9.55 Å². The summed E-state index contributed by atoms with van der Waals surface area (Å²) in [5.74, 6) is 0. The third-order valence-electron chi connectivity index (χ3n) is 2.25. The van der Waals surface area contributed by atoms with Gasteiger partial charge < -0.3 is 4.57 Å². The fraction of sp³-hybridized carbons (Fsp3) is 0. The van der Waals surface area contributed by atoms with E-state index < -0.39 is 14.9 Å². The van der Waals surface area contributed by atoms with E-state index in [1.165, 1.54) is 35.4 Å². The smallest absolute Gasteiger partial charge is 0.294 e. The van der Waals surface area contributed by atoms with Gasteiger partial charge in [0.15, 0.2) is 0 Å². The van der Waals surface area contributed by atoms with Gasteiger partial charge in [0.1, 0.15) is 5.69 Å². The molecule has 0 aliphatic heterocycles. The van der Waals surface area contributed by atoms with E-state index >= 15 is 0 Å². The molecular formula is C9H8N4O4S. The fourth-order valence-corrected chi connectivity index (χ4v) is 1.98. The van der Waals surface area contributed by atoms with Crippen LogP contribution in [0.1, 0.15) is 0 Å². The summed E-state index contributed by atoms with van der Waals surface area (Å²) in [5.41, 5.74) is -0.149. The Labute approximate surface area is 102 Å². The number of hydrogen-bond acceptors (Lipinski definition) is 5. The Balaban J connectivity index is 2.67. The van der Waals surface area contributed by atoms with Crippen LogP contribution in [-0.2, 0) is 10.0 Å². The van der Waals surface area contributed by atoms with Crippen molar-refractivity contribution < 1.29 is 13.3 Å². The summed E-state index contributed by atoms with van der Waals surface area (Å²) in [6, 6.07) is 3.43. The third-order valence-corrected chi connectivity index (χ3v) is 3.17. The molecule has 2 rings (SSSR count). The molecule has 0 fully saturated rings. The van der Waals surface area contributed by atoms with Gasteiger partial charge in [0.05, 0.1) is 16.1 Å². The lowest BCUT2D eigenvalue weighted by Gasteiger charge is -2.05. The van der Waals surface area contributed by atoms with Crippen molar-refractivity contribution in [1.29, 1.82) is 0 Å². The van der Waals surface area contributed by atoms with Crippen molar-refractivity contribution in [2.45, 2.75) is 4.90 Å². The van der Waals surface area contributed by atoms with E-state index in [1.807, 2.05) is 0 Å². The minimum atomic E-state index is -3.97. The highest BCUT2D eigenvalue weighted by Crippen LogP contribution is 2.25. The molecule has 0 aliphatic rings. The van der Waals surface area contributed by atoms with Crippen LogP contribution in [-0.4, -0.2) is 22.9 Å². The van der Waals surface area contributed by atoms with Gasteiger partial charge in [0.25, 0.3) is 5.69 Å².